The van der Waals surface area contributed by atoms with E-state index in [1.54, 1.807) is 0 Å². The van der Waals surface area contributed by atoms with Crippen molar-refractivity contribution in [3.8, 4) is 11.5 Å². The van der Waals surface area contributed by atoms with E-state index in [2.05, 4.69) is 0 Å². The molecule has 3 rings (SSSR count). The lowest BCUT2D eigenvalue weighted by molar-refractivity contribution is -0.147. The van der Waals surface area contributed by atoms with Crippen LogP contribution in [0.15, 0.2) is 12.1 Å². The summed E-state index contributed by atoms with van der Waals surface area (Å²) in [5.74, 6) is 0.730. The molecule has 2 aliphatic rings. The highest BCUT2D eigenvalue weighted by atomic mass is 16.5. The molecule has 1 aliphatic carbocycles. The average Bonchev–Trinajstić information content (AvgIpc) is 2.52. The molecule has 1 aromatic carbocycles. The summed E-state index contributed by atoms with van der Waals surface area (Å²) in [6.45, 7) is 3.22. The zero-order valence-corrected chi connectivity index (χ0v) is 11.1. The van der Waals surface area contributed by atoms with Crippen LogP contribution in [-0.2, 0) is 10.2 Å². The van der Waals surface area contributed by atoms with Crippen molar-refractivity contribution in [1.82, 2.24) is 0 Å². The van der Waals surface area contributed by atoms with Gasteiger partial charge in [-0.2, -0.15) is 0 Å². The van der Waals surface area contributed by atoms with E-state index in [0.717, 1.165) is 29.7 Å². The molecule has 0 unspecified atom stereocenters. The standard InChI is InChI=1S/C15H18O4/c1-10-8-11(15(14(16)17)4-2-5-15)9-12-13(10)19-7-3-6-18-12/h8-9H,2-7H2,1H3,(H,16,17). The van der Waals surface area contributed by atoms with E-state index in [9.17, 15) is 9.90 Å². The Morgan fingerprint density at radius 2 is 1.95 bits per heavy atom. The lowest BCUT2D eigenvalue weighted by Crippen LogP contribution is -2.42. The van der Waals surface area contributed by atoms with Gasteiger partial charge < -0.3 is 14.6 Å². The summed E-state index contributed by atoms with van der Waals surface area (Å²) in [5, 5.41) is 9.52. The van der Waals surface area contributed by atoms with Gasteiger partial charge in [0.05, 0.1) is 18.6 Å². The fraction of sp³-hybridized carbons (Fsp3) is 0.533. The van der Waals surface area contributed by atoms with Crippen molar-refractivity contribution in [3.05, 3.63) is 23.3 Å². The molecule has 0 atom stereocenters. The number of hydrogen-bond acceptors (Lipinski definition) is 3. The van der Waals surface area contributed by atoms with Gasteiger partial charge in [0, 0.05) is 6.42 Å². The monoisotopic (exact) mass is 262 g/mol. The van der Waals surface area contributed by atoms with E-state index in [1.807, 2.05) is 19.1 Å². The highest BCUT2D eigenvalue weighted by Crippen LogP contribution is 2.47. The first kappa shape index (κ1) is 12.3. The summed E-state index contributed by atoms with van der Waals surface area (Å²) in [7, 11) is 0. The Bertz CT molecular complexity index is 517. The highest BCUT2D eigenvalue weighted by Gasteiger charge is 2.46. The fourth-order valence-electron chi connectivity index (χ4n) is 2.88. The zero-order valence-electron chi connectivity index (χ0n) is 11.1. The molecule has 4 nitrogen and oxygen atoms in total. The van der Waals surface area contributed by atoms with Crippen molar-refractivity contribution in [2.45, 2.75) is 38.0 Å². The van der Waals surface area contributed by atoms with Gasteiger partial charge in [0.1, 0.15) is 0 Å². The van der Waals surface area contributed by atoms with E-state index in [-0.39, 0.29) is 0 Å². The van der Waals surface area contributed by atoms with Gasteiger partial charge in [-0.1, -0.05) is 12.5 Å². The molecule has 19 heavy (non-hydrogen) atoms. The van der Waals surface area contributed by atoms with Crippen LogP contribution in [0.4, 0.5) is 0 Å². The number of carboxylic acids is 1. The van der Waals surface area contributed by atoms with Crippen LogP contribution < -0.4 is 9.47 Å². The molecule has 0 saturated heterocycles. The third kappa shape index (κ3) is 1.86. The van der Waals surface area contributed by atoms with Crippen LogP contribution in [0.5, 0.6) is 11.5 Å². The highest BCUT2D eigenvalue weighted by molar-refractivity contribution is 5.83. The maximum Gasteiger partial charge on any atom is 0.314 e. The molecule has 0 radical (unpaired) electrons. The largest absolute Gasteiger partial charge is 0.490 e. The lowest BCUT2D eigenvalue weighted by Gasteiger charge is -2.38. The Morgan fingerprint density at radius 3 is 2.58 bits per heavy atom. The minimum absolute atomic E-state index is 0.621. The minimum Gasteiger partial charge on any atom is -0.490 e. The number of aryl methyl sites for hydroxylation is 1. The van der Waals surface area contributed by atoms with Crippen LogP contribution in [0.25, 0.3) is 0 Å². The van der Waals surface area contributed by atoms with Gasteiger partial charge in [-0.3, -0.25) is 4.79 Å². The molecule has 1 fully saturated rings. The number of ether oxygens (including phenoxy) is 2. The van der Waals surface area contributed by atoms with Crippen LogP contribution in [0, 0.1) is 6.92 Å². The molecule has 4 heteroatoms. The molecular formula is C15H18O4. The van der Waals surface area contributed by atoms with Gasteiger partial charge in [-0.15, -0.1) is 0 Å². The molecule has 0 aromatic heterocycles. The number of rotatable bonds is 2. The lowest BCUT2D eigenvalue weighted by atomic mass is 9.64. The van der Waals surface area contributed by atoms with Crippen molar-refractivity contribution in [1.29, 1.82) is 0 Å². The second-order valence-electron chi connectivity index (χ2n) is 5.41. The molecule has 1 aromatic rings. The van der Waals surface area contributed by atoms with Crippen LogP contribution in [0.2, 0.25) is 0 Å². The molecule has 0 amide bonds. The first-order chi connectivity index (χ1) is 9.13. The van der Waals surface area contributed by atoms with Gasteiger partial charge in [0.25, 0.3) is 0 Å². The van der Waals surface area contributed by atoms with Crippen LogP contribution in [0.3, 0.4) is 0 Å². The topological polar surface area (TPSA) is 55.8 Å². The van der Waals surface area contributed by atoms with Crippen LogP contribution in [-0.4, -0.2) is 24.3 Å². The number of aliphatic carboxylic acids is 1. The quantitative estimate of drug-likeness (QED) is 0.890. The number of fused-ring (bicyclic) bond motifs is 1. The number of carboxylic acid groups (broad SMARTS) is 1. The van der Waals surface area contributed by atoms with Gasteiger partial charge in [0.15, 0.2) is 11.5 Å². The summed E-state index contributed by atoms with van der Waals surface area (Å²) >= 11 is 0. The average molecular weight is 262 g/mol. The first-order valence-corrected chi connectivity index (χ1v) is 6.78. The smallest absolute Gasteiger partial charge is 0.314 e. The molecule has 102 valence electrons. The fourth-order valence-corrected chi connectivity index (χ4v) is 2.88. The summed E-state index contributed by atoms with van der Waals surface area (Å²) in [6.07, 6.45) is 3.25. The summed E-state index contributed by atoms with van der Waals surface area (Å²) in [6, 6.07) is 3.81. The second kappa shape index (κ2) is 4.44. The Balaban J connectivity index is 2.06. The first-order valence-electron chi connectivity index (χ1n) is 6.78. The van der Waals surface area contributed by atoms with E-state index in [0.29, 0.717) is 31.8 Å². The molecule has 0 bridgehead atoms. The van der Waals surface area contributed by atoms with Gasteiger partial charge >= 0.3 is 5.97 Å². The molecule has 0 spiro atoms. The Kier molecular flexibility index (Phi) is 2.88. The van der Waals surface area contributed by atoms with Crippen molar-refractivity contribution in [3.63, 3.8) is 0 Å². The van der Waals surface area contributed by atoms with Gasteiger partial charge in [-0.25, -0.2) is 0 Å². The SMILES string of the molecule is Cc1cc(C2(C(=O)O)CCC2)cc2c1OCCCO2. The molecular weight excluding hydrogens is 244 g/mol. The van der Waals surface area contributed by atoms with Crippen molar-refractivity contribution >= 4 is 5.97 Å². The Morgan fingerprint density at radius 1 is 1.21 bits per heavy atom. The van der Waals surface area contributed by atoms with E-state index >= 15 is 0 Å². The maximum absolute atomic E-state index is 11.6. The number of carbonyl (C=O) groups is 1. The maximum atomic E-state index is 11.6. The predicted molar refractivity (Wildman–Crippen MR) is 70.0 cm³/mol. The summed E-state index contributed by atoms with van der Waals surface area (Å²) in [5.41, 5.74) is 1.10. The Hall–Kier alpha value is -1.71. The van der Waals surface area contributed by atoms with Crippen molar-refractivity contribution in [2.75, 3.05) is 13.2 Å². The molecule has 1 N–H and O–H groups in total. The third-order valence-corrected chi connectivity index (χ3v) is 4.20. The molecule has 1 saturated carbocycles. The third-order valence-electron chi connectivity index (χ3n) is 4.20. The van der Waals surface area contributed by atoms with E-state index in [4.69, 9.17) is 9.47 Å². The summed E-state index contributed by atoms with van der Waals surface area (Å²) in [4.78, 5) is 11.6. The predicted octanol–water partition coefficient (Wildman–Crippen LogP) is 2.66. The molecule has 1 aliphatic heterocycles. The summed E-state index contributed by atoms with van der Waals surface area (Å²) < 4.78 is 11.4. The number of benzene rings is 1. The minimum atomic E-state index is -0.729. The van der Waals surface area contributed by atoms with E-state index in [1.165, 1.54) is 0 Å². The zero-order chi connectivity index (χ0) is 13.5. The molecule has 1 heterocycles. The van der Waals surface area contributed by atoms with Gasteiger partial charge in [-0.05, 0) is 37.0 Å². The van der Waals surface area contributed by atoms with E-state index < -0.39 is 11.4 Å². The second-order valence-corrected chi connectivity index (χ2v) is 5.41. The van der Waals surface area contributed by atoms with Crippen molar-refractivity contribution < 1.29 is 19.4 Å². The normalized spacial score (nSPS) is 20.3. The van der Waals surface area contributed by atoms with Crippen LogP contribution in [0.1, 0.15) is 36.8 Å². The Labute approximate surface area is 112 Å². The van der Waals surface area contributed by atoms with Crippen LogP contribution >= 0.6 is 0 Å². The van der Waals surface area contributed by atoms with Gasteiger partial charge in [0.2, 0.25) is 0 Å². The number of hydrogen-bond donors (Lipinski definition) is 1. The van der Waals surface area contributed by atoms with Crippen molar-refractivity contribution in [2.24, 2.45) is 0 Å².